The van der Waals surface area contributed by atoms with Crippen LogP contribution in [0.1, 0.15) is 11.7 Å². The average molecular weight is 342 g/mol. The molecule has 1 aromatic carbocycles. The molecule has 2 heterocycles. The predicted octanol–water partition coefficient (Wildman–Crippen LogP) is 4.03. The number of halogens is 1. The Bertz CT molecular complexity index is 779. The molecule has 0 saturated carbocycles. The second-order valence-corrected chi connectivity index (χ2v) is 5.48. The van der Waals surface area contributed by atoms with Crippen LogP contribution < -0.4 is 0 Å². The fourth-order valence-electron chi connectivity index (χ4n) is 2.08. The Morgan fingerprint density at radius 2 is 1.86 bits per heavy atom. The van der Waals surface area contributed by atoms with Gasteiger partial charge in [-0.05, 0) is 30.3 Å². The van der Waals surface area contributed by atoms with E-state index in [1.165, 1.54) is 11.6 Å². The highest BCUT2D eigenvalue weighted by molar-refractivity contribution is 9.10. The van der Waals surface area contributed by atoms with Crippen LogP contribution in [0, 0.1) is 0 Å². The third-order valence-electron chi connectivity index (χ3n) is 3.07. The Hall–Kier alpha value is -2.27. The number of benzene rings is 1. The van der Waals surface area contributed by atoms with Crippen molar-refractivity contribution in [2.24, 2.45) is 0 Å². The molecule has 5 heteroatoms. The highest BCUT2D eigenvalue weighted by Crippen LogP contribution is 2.26. The molecule has 0 radical (unpaired) electrons. The van der Waals surface area contributed by atoms with Crippen LogP contribution in [0.25, 0.3) is 22.6 Å². The second kappa shape index (κ2) is 5.61. The van der Waals surface area contributed by atoms with Gasteiger partial charge in [0.2, 0.25) is 5.91 Å². The maximum Gasteiger partial charge on any atom is 0.244 e. The minimum absolute atomic E-state index is 0.140. The zero-order valence-corrected chi connectivity index (χ0v) is 12.9. The van der Waals surface area contributed by atoms with E-state index in [0.29, 0.717) is 5.69 Å². The standard InChI is InChI=1S/C16H12BrN3O/c1-11(21)20-16(14-4-2-3-9-18-14)10-15(19-20)12-5-7-13(17)8-6-12/h2-10H,1H3. The molecule has 3 aromatic rings. The summed E-state index contributed by atoms with van der Waals surface area (Å²) in [6.45, 7) is 1.49. The summed E-state index contributed by atoms with van der Waals surface area (Å²) in [6.07, 6.45) is 1.70. The quantitative estimate of drug-likeness (QED) is 0.706. The van der Waals surface area contributed by atoms with E-state index < -0.39 is 0 Å². The lowest BCUT2D eigenvalue weighted by atomic mass is 10.1. The molecule has 0 N–H and O–H groups in total. The first-order chi connectivity index (χ1) is 10.1. The van der Waals surface area contributed by atoms with Crippen molar-refractivity contribution in [3.05, 3.63) is 59.2 Å². The van der Waals surface area contributed by atoms with Gasteiger partial charge in [0.15, 0.2) is 0 Å². The monoisotopic (exact) mass is 341 g/mol. The van der Waals surface area contributed by atoms with E-state index in [1.807, 2.05) is 48.5 Å². The number of pyridine rings is 1. The Morgan fingerprint density at radius 3 is 2.48 bits per heavy atom. The number of hydrogen-bond donors (Lipinski definition) is 0. The fourth-order valence-corrected chi connectivity index (χ4v) is 2.34. The molecule has 0 atom stereocenters. The van der Waals surface area contributed by atoms with Gasteiger partial charge in [0, 0.05) is 23.2 Å². The summed E-state index contributed by atoms with van der Waals surface area (Å²) >= 11 is 3.41. The molecule has 0 aliphatic heterocycles. The molecular formula is C16H12BrN3O. The van der Waals surface area contributed by atoms with E-state index in [4.69, 9.17) is 0 Å². The SMILES string of the molecule is CC(=O)n1nc(-c2ccc(Br)cc2)cc1-c1ccccn1. The topological polar surface area (TPSA) is 47.8 Å². The van der Waals surface area contributed by atoms with Crippen LogP contribution in [0.4, 0.5) is 0 Å². The number of carbonyl (C=O) groups is 1. The molecule has 0 amide bonds. The van der Waals surface area contributed by atoms with Crippen LogP contribution in [-0.2, 0) is 0 Å². The van der Waals surface area contributed by atoms with Crippen LogP contribution in [0.2, 0.25) is 0 Å². The zero-order chi connectivity index (χ0) is 14.8. The normalized spacial score (nSPS) is 10.6. The molecule has 0 aliphatic rings. The highest BCUT2D eigenvalue weighted by Gasteiger charge is 2.14. The van der Waals surface area contributed by atoms with Crippen LogP contribution in [0.3, 0.4) is 0 Å². The van der Waals surface area contributed by atoms with E-state index in [1.54, 1.807) is 6.20 Å². The Kier molecular flexibility index (Phi) is 3.66. The van der Waals surface area contributed by atoms with Gasteiger partial charge in [-0.15, -0.1) is 0 Å². The van der Waals surface area contributed by atoms with Crippen molar-refractivity contribution < 1.29 is 4.79 Å². The van der Waals surface area contributed by atoms with Crippen molar-refractivity contribution in [3.63, 3.8) is 0 Å². The van der Waals surface area contributed by atoms with Crippen molar-refractivity contribution in [1.82, 2.24) is 14.8 Å². The van der Waals surface area contributed by atoms with Gasteiger partial charge < -0.3 is 0 Å². The van der Waals surface area contributed by atoms with Crippen molar-refractivity contribution >= 4 is 21.8 Å². The van der Waals surface area contributed by atoms with Gasteiger partial charge in [-0.2, -0.15) is 9.78 Å². The first-order valence-corrected chi connectivity index (χ1v) is 7.23. The number of rotatable bonds is 2. The van der Waals surface area contributed by atoms with Crippen molar-refractivity contribution in [2.75, 3.05) is 0 Å². The second-order valence-electron chi connectivity index (χ2n) is 4.57. The predicted molar refractivity (Wildman–Crippen MR) is 84.9 cm³/mol. The fraction of sp³-hybridized carbons (Fsp3) is 0.0625. The molecule has 0 fully saturated rings. The van der Waals surface area contributed by atoms with Crippen LogP contribution in [0.15, 0.2) is 59.2 Å². The molecule has 0 aliphatic carbocycles. The number of nitrogens with zero attached hydrogens (tertiary/aromatic N) is 3. The van der Waals surface area contributed by atoms with E-state index in [-0.39, 0.29) is 5.91 Å². The van der Waals surface area contributed by atoms with Crippen LogP contribution in [-0.4, -0.2) is 20.7 Å². The third kappa shape index (κ3) is 2.78. The van der Waals surface area contributed by atoms with Crippen molar-refractivity contribution in [2.45, 2.75) is 6.92 Å². The van der Waals surface area contributed by atoms with Crippen LogP contribution in [0.5, 0.6) is 0 Å². The highest BCUT2D eigenvalue weighted by atomic mass is 79.9. The lowest BCUT2D eigenvalue weighted by molar-refractivity contribution is 0.0923. The Balaban J connectivity index is 2.13. The lowest BCUT2D eigenvalue weighted by Crippen LogP contribution is -2.09. The zero-order valence-electron chi connectivity index (χ0n) is 11.3. The van der Waals surface area contributed by atoms with Gasteiger partial charge in [-0.3, -0.25) is 9.78 Å². The minimum atomic E-state index is -0.140. The third-order valence-corrected chi connectivity index (χ3v) is 3.60. The summed E-state index contributed by atoms with van der Waals surface area (Å²) < 4.78 is 2.39. The van der Waals surface area contributed by atoms with Gasteiger partial charge in [-0.25, -0.2) is 0 Å². The first kappa shape index (κ1) is 13.7. The van der Waals surface area contributed by atoms with Gasteiger partial charge in [0.1, 0.15) is 0 Å². The molecule has 104 valence electrons. The molecule has 0 spiro atoms. The van der Waals surface area contributed by atoms with Gasteiger partial charge in [0.25, 0.3) is 0 Å². The molecule has 0 unspecified atom stereocenters. The smallest absolute Gasteiger partial charge is 0.244 e. The Morgan fingerprint density at radius 1 is 1.10 bits per heavy atom. The molecule has 21 heavy (non-hydrogen) atoms. The van der Waals surface area contributed by atoms with Crippen molar-refractivity contribution in [3.8, 4) is 22.6 Å². The van der Waals surface area contributed by atoms with Crippen molar-refractivity contribution in [1.29, 1.82) is 0 Å². The number of hydrogen-bond acceptors (Lipinski definition) is 3. The first-order valence-electron chi connectivity index (χ1n) is 6.43. The minimum Gasteiger partial charge on any atom is -0.273 e. The summed E-state index contributed by atoms with van der Waals surface area (Å²) in [4.78, 5) is 16.1. The maximum absolute atomic E-state index is 11.8. The summed E-state index contributed by atoms with van der Waals surface area (Å²) in [6, 6.07) is 15.3. The molecule has 3 rings (SSSR count). The van der Waals surface area contributed by atoms with E-state index in [0.717, 1.165) is 21.4 Å². The van der Waals surface area contributed by atoms with E-state index >= 15 is 0 Å². The maximum atomic E-state index is 11.8. The molecule has 0 saturated heterocycles. The van der Waals surface area contributed by atoms with E-state index in [9.17, 15) is 4.79 Å². The summed E-state index contributed by atoms with van der Waals surface area (Å²) in [7, 11) is 0. The summed E-state index contributed by atoms with van der Waals surface area (Å²) in [5.41, 5.74) is 3.12. The average Bonchev–Trinajstić information content (AvgIpc) is 2.94. The van der Waals surface area contributed by atoms with Gasteiger partial charge in [-0.1, -0.05) is 34.1 Å². The molecule has 4 nitrogen and oxygen atoms in total. The molecular weight excluding hydrogens is 330 g/mol. The number of carbonyl (C=O) groups excluding carboxylic acids is 1. The van der Waals surface area contributed by atoms with E-state index in [2.05, 4.69) is 26.0 Å². The lowest BCUT2D eigenvalue weighted by Gasteiger charge is -2.01. The summed E-state index contributed by atoms with van der Waals surface area (Å²) in [5.74, 6) is -0.140. The van der Waals surface area contributed by atoms with Crippen LogP contribution >= 0.6 is 15.9 Å². The Labute approximate surface area is 130 Å². The largest absolute Gasteiger partial charge is 0.273 e. The molecule has 0 bridgehead atoms. The van der Waals surface area contributed by atoms with Gasteiger partial charge >= 0.3 is 0 Å². The van der Waals surface area contributed by atoms with Gasteiger partial charge in [0.05, 0.1) is 17.1 Å². The summed E-state index contributed by atoms with van der Waals surface area (Å²) in [5, 5.41) is 4.40. The molecule has 2 aromatic heterocycles. The number of aromatic nitrogens is 3.